The van der Waals surface area contributed by atoms with Gasteiger partial charge in [-0.3, -0.25) is 0 Å². The van der Waals surface area contributed by atoms with Crippen LogP contribution in [0.2, 0.25) is 0 Å². The molecule has 2 fully saturated rings. The molecule has 0 aliphatic carbocycles. The maximum Gasteiger partial charge on any atom is 0.218 e. The van der Waals surface area contributed by atoms with E-state index >= 15 is 0 Å². The summed E-state index contributed by atoms with van der Waals surface area (Å²) < 4.78 is 5.65. The quantitative estimate of drug-likeness (QED) is 0.902. The maximum absolute atomic E-state index is 5.65. The van der Waals surface area contributed by atoms with Crippen LogP contribution >= 0.6 is 0 Å². The fraction of sp³-hybridized carbons (Fsp3) is 0.750. The van der Waals surface area contributed by atoms with Gasteiger partial charge in [-0.25, -0.2) is 9.97 Å². The number of aromatic nitrogens is 2. The van der Waals surface area contributed by atoms with Gasteiger partial charge >= 0.3 is 0 Å². The zero-order valence-corrected chi connectivity index (χ0v) is 12.9. The van der Waals surface area contributed by atoms with Crippen molar-refractivity contribution >= 4 is 5.82 Å². The summed E-state index contributed by atoms with van der Waals surface area (Å²) >= 11 is 0. The van der Waals surface area contributed by atoms with Crippen LogP contribution in [-0.2, 0) is 0 Å². The van der Waals surface area contributed by atoms with E-state index in [-0.39, 0.29) is 0 Å². The van der Waals surface area contributed by atoms with E-state index in [0.717, 1.165) is 25.3 Å². The lowest BCUT2D eigenvalue weighted by Gasteiger charge is -2.40. The van der Waals surface area contributed by atoms with Crippen molar-refractivity contribution in [1.82, 2.24) is 15.3 Å². The fourth-order valence-corrected chi connectivity index (χ4v) is 3.47. The van der Waals surface area contributed by atoms with Crippen molar-refractivity contribution < 1.29 is 4.74 Å². The van der Waals surface area contributed by atoms with Gasteiger partial charge in [-0.15, -0.1) is 0 Å². The monoisotopic (exact) mass is 290 g/mol. The molecule has 5 nitrogen and oxygen atoms in total. The minimum atomic E-state index is 0.565. The van der Waals surface area contributed by atoms with Crippen LogP contribution in [0.5, 0.6) is 5.88 Å². The smallest absolute Gasteiger partial charge is 0.218 e. The minimum absolute atomic E-state index is 0.565. The van der Waals surface area contributed by atoms with Crippen LogP contribution in [0.4, 0.5) is 5.82 Å². The highest BCUT2D eigenvalue weighted by atomic mass is 16.5. The SMILES string of the molecule is CCCOc1cc(N2CCCCC2C2CCCN2)ncn1. The van der Waals surface area contributed by atoms with Gasteiger partial charge in [0.2, 0.25) is 5.88 Å². The van der Waals surface area contributed by atoms with Gasteiger partial charge in [0.05, 0.1) is 6.61 Å². The van der Waals surface area contributed by atoms with Crippen molar-refractivity contribution in [2.24, 2.45) is 0 Å². The van der Waals surface area contributed by atoms with E-state index in [4.69, 9.17) is 4.74 Å². The van der Waals surface area contributed by atoms with Gasteiger partial charge in [0, 0.05) is 24.7 Å². The number of nitrogens with one attached hydrogen (secondary N) is 1. The first kappa shape index (κ1) is 14.6. The van der Waals surface area contributed by atoms with Gasteiger partial charge in [-0.2, -0.15) is 0 Å². The summed E-state index contributed by atoms with van der Waals surface area (Å²) in [6.45, 7) is 5.06. The average molecular weight is 290 g/mol. The van der Waals surface area contributed by atoms with Gasteiger partial charge < -0.3 is 15.0 Å². The number of ether oxygens (including phenoxy) is 1. The molecular formula is C16H26N4O. The molecule has 1 N–H and O–H groups in total. The Kier molecular flexibility index (Phi) is 4.91. The van der Waals surface area contributed by atoms with Crippen molar-refractivity contribution in [1.29, 1.82) is 0 Å². The zero-order valence-electron chi connectivity index (χ0n) is 12.9. The van der Waals surface area contributed by atoms with E-state index < -0.39 is 0 Å². The lowest BCUT2D eigenvalue weighted by molar-refractivity contribution is 0.304. The number of hydrogen-bond donors (Lipinski definition) is 1. The third kappa shape index (κ3) is 3.46. The third-order valence-corrected chi connectivity index (χ3v) is 4.49. The molecule has 0 amide bonds. The Morgan fingerprint density at radius 3 is 3.05 bits per heavy atom. The summed E-state index contributed by atoms with van der Waals surface area (Å²) in [5.41, 5.74) is 0. The second kappa shape index (κ2) is 7.07. The molecule has 0 bridgehead atoms. The summed E-state index contributed by atoms with van der Waals surface area (Å²) in [6.07, 6.45) is 9.04. The molecule has 116 valence electrons. The average Bonchev–Trinajstić information content (AvgIpc) is 3.07. The number of piperidine rings is 1. The van der Waals surface area contributed by atoms with E-state index in [9.17, 15) is 0 Å². The van der Waals surface area contributed by atoms with Crippen molar-refractivity contribution in [3.05, 3.63) is 12.4 Å². The Bertz CT molecular complexity index is 448. The van der Waals surface area contributed by atoms with Crippen molar-refractivity contribution in [3.8, 4) is 5.88 Å². The number of anilines is 1. The molecule has 0 radical (unpaired) electrons. The van der Waals surface area contributed by atoms with E-state index in [0.29, 0.717) is 24.6 Å². The Morgan fingerprint density at radius 1 is 1.29 bits per heavy atom. The summed E-state index contributed by atoms with van der Waals surface area (Å²) in [6, 6.07) is 3.18. The molecule has 0 spiro atoms. The van der Waals surface area contributed by atoms with Crippen LogP contribution in [0.1, 0.15) is 45.4 Å². The molecule has 3 heterocycles. The largest absolute Gasteiger partial charge is 0.478 e. The van der Waals surface area contributed by atoms with Gasteiger partial charge in [0.25, 0.3) is 0 Å². The Hall–Kier alpha value is -1.36. The summed E-state index contributed by atoms with van der Waals surface area (Å²) in [4.78, 5) is 11.2. The molecule has 0 aromatic carbocycles. The molecular weight excluding hydrogens is 264 g/mol. The molecule has 2 atom stereocenters. The molecule has 2 aliphatic heterocycles. The number of hydrogen-bond acceptors (Lipinski definition) is 5. The first-order valence-electron chi connectivity index (χ1n) is 8.33. The molecule has 2 saturated heterocycles. The molecule has 1 aromatic rings. The first-order chi connectivity index (χ1) is 10.4. The molecule has 21 heavy (non-hydrogen) atoms. The number of rotatable bonds is 5. The number of nitrogens with zero attached hydrogens (tertiary/aromatic N) is 3. The first-order valence-corrected chi connectivity index (χ1v) is 8.33. The highest BCUT2D eigenvalue weighted by Gasteiger charge is 2.32. The highest BCUT2D eigenvalue weighted by molar-refractivity contribution is 5.43. The molecule has 5 heteroatoms. The normalized spacial score (nSPS) is 26.0. The van der Waals surface area contributed by atoms with Crippen LogP contribution in [0.25, 0.3) is 0 Å². The molecule has 2 unspecified atom stereocenters. The minimum Gasteiger partial charge on any atom is -0.478 e. The third-order valence-electron chi connectivity index (χ3n) is 4.49. The van der Waals surface area contributed by atoms with Crippen LogP contribution in [0, 0.1) is 0 Å². The zero-order chi connectivity index (χ0) is 14.5. The van der Waals surface area contributed by atoms with E-state index in [1.54, 1.807) is 6.33 Å². The standard InChI is InChI=1S/C16H26N4O/c1-2-10-21-16-11-15(18-12-19-16)20-9-4-3-7-14(20)13-6-5-8-17-13/h11-14,17H,2-10H2,1H3. The van der Waals surface area contributed by atoms with Gasteiger partial charge in [-0.05, 0) is 45.1 Å². The molecule has 2 aliphatic rings. The van der Waals surface area contributed by atoms with E-state index in [1.807, 2.05) is 6.07 Å². The predicted octanol–water partition coefficient (Wildman–Crippen LogP) is 2.38. The van der Waals surface area contributed by atoms with E-state index in [2.05, 4.69) is 27.1 Å². The van der Waals surface area contributed by atoms with E-state index in [1.165, 1.54) is 32.1 Å². The molecule has 3 rings (SSSR count). The Balaban J connectivity index is 1.75. The van der Waals surface area contributed by atoms with Crippen LogP contribution in [0.15, 0.2) is 12.4 Å². The highest BCUT2D eigenvalue weighted by Crippen LogP contribution is 2.29. The summed E-state index contributed by atoms with van der Waals surface area (Å²) in [5.74, 6) is 1.72. The van der Waals surface area contributed by atoms with Crippen LogP contribution in [-0.4, -0.2) is 41.7 Å². The maximum atomic E-state index is 5.65. The lowest BCUT2D eigenvalue weighted by atomic mass is 9.94. The second-order valence-corrected chi connectivity index (χ2v) is 6.02. The van der Waals surface area contributed by atoms with Crippen molar-refractivity contribution in [2.75, 3.05) is 24.6 Å². The Morgan fingerprint density at radius 2 is 2.24 bits per heavy atom. The lowest BCUT2D eigenvalue weighted by Crippen LogP contribution is -2.50. The van der Waals surface area contributed by atoms with Crippen molar-refractivity contribution in [3.63, 3.8) is 0 Å². The predicted molar refractivity (Wildman–Crippen MR) is 83.8 cm³/mol. The Labute approximate surface area is 127 Å². The molecule has 1 aromatic heterocycles. The topological polar surface area (TPSA) is 50.3 Å². The van der Waals surface area contributed by atoms with Gasteiger partial charge in [0.1, 0.15) is 12.1 Å². The van der Waals surface area contributed by atoms with Gasteiger partial charge in [0.15, 0.2) is 0 Å². The second-order valence-electron chi connectivity index (χ2n) is 6.02. The van der Waals surface area contributed by atoms with Crippen molar-refractivity contribution in [2.45, 2.75) is 57.5 Å². The molecule has 0 saturated carbocycles. The van der Waals surface area contributed by atoms with Crippen LogP contribution in [0.3, 0.4) is 0 Å². The van der Waals surface area contributed by atoms with Gasteiger partial charge in [-0.1, -0.05) is 6.92 Å². The summed E-state index contributed by atoms with van der Waals surface area (Å²) in [7, 11) is 0. The van der Waals surface area contributed by atoms with Crippen LogP contribution < -0.4 is 15.0 Å². The summed E-state index contributed by atoms with van der Waals surface area (Å²) in [5, 5.41) is 3.66. The fourth-order valence-electron chi connectivity index (χ4n) is 3.47.